The normalized spacial score (nSPS) is 10.7. The van der Waals surface area contributed by atoms with E-state index in [2.05, 4.69) is 15.1 Å². The van der Waals surface area contributed by atoms with Crippen molar-refractivity contribution in [3.05, 3.63) is 23.3 Å². The molecule has 2 heterocycles. The third-order valence-electron chi connectivity index (χ3n) is 1.98. The highest BCUT2D eigenvalue weighted by Gasteiger charge is 2.13. The lowest BCUT2D eigenvalue weighted by Crippen LogP contribution is -2.07. The Kier molecular flexibility index (Phi) is 1.70. The van der Waals surface area contributed by atoms with Crippen LogP contribution in [-0.2, 0) is 0 Å². The van der Waals surface area contributed by atoms with Crippen LogP contribution < -0.4 is 0 Å². The average molecular weight is 192 g/mol. The Balaban J connectivity index is 2.80. The fourth-order valence-electron chi connectivity index (χ4n) is 1.11. The number of fused-ring (bicyclic) bond motifs is 1. The second kappa shape index (κ2) is 2.76. The van der Waals surface area contributed by atoms with Crippen LogP contribution in [0.3, 0.4) is 0 Å². The van der Waals surface area contributed by atoms with Crippen LogP contribution in [0, 0.1) is 13.8 Å². The fraction of sp³-hybridized carbons (Fsp3) is 0.250. The van der Waals surface area contributed by atoms with Crippen LogP contribution in [0.5, 0.6) is 0 Å². The number of aromatic nitrogens is 4. The van der Waals surface area contributed by atoms with Crippen LogP contribution in [0.1, 0.15) is 21.9 Å². The van der Waals surface area contributed by atoms with E-state index in [4.69, 9.17) is 5.11 Å². The van der Waals surface area contributed by atoms with E-state index >= 15 is 0 Å². The number of hydrogen-bond acceptors (Lipinski definition) is 4. The zero-order valence-electron chi connectivity index (χ0n) is 7.72. The summed E-state index contributed by atoms with van der Waals surface area (Å²) in [6.07, 6.45) is 1.25. The van der Waals surface area contributed by atoms with Crippen molar-refractivity contribution in [3.8, 4) is 0 Å². The number of hydrogen-bond donors (Lipinski definition) is 1. The van der Waals surface area contributed by atoms with Gasteiger partial charge in [-0.1, -0.05) is 0 Å². The molecule has 72 valence electrons. The average Bonchev–Trinajstić information content (AvgIpc) is 2.48. The van der Waals surface area contributed by atoms with Crippen molar-refractivity contribution in [1.82, 2.24) is 19.6 Å². The second-order valence-electron chi connectivity index (χ2n) is 2.94. The Morgan fingerprint density at radius 1 is 1.43 bits per heavy atom. The first kappa shape index (κ1) is 8.61. The molecule has 2 aromatic heterocycles. The highest BCUT2D eigenvalue weighted by Crippen LogP contribution is 2.05. The molecule has 0 aliphatic heterocycles. The molecule has 0 radical (unpaired) electrons. The summed E-state index contributed by atoms with van der Waals surface area (Å²) in [7, 11) is 0. The summed E-state index contributed by atoms with van der Waals surface area (Å²) in [4.78, 5) is 18.7. The summed E-state index contributed by atoms with van der Waals surface area (Å²) in [5, 5.41) is 12.9. The van der Waals surface area contributed by atoms with Gasteiger partial charge in [-0.05, 0) is 13.8 Å². The Labute approximate surface area is 79.2 Å². The highest BCUT2D eigenvalue weighted by molar-refractivity contribution is 5.86. The lowest BCUT2D eigenvalue weighted by atomic mass is 10.4. The van der Waals surface area contributed by atoms with Gasteiger partial charge in [0.05, 0.1) is 17.6 Å². The van der Waals surface area contributed by atoms with E-state index in [1.807, 2.05) is 0 Å². The summed E-state index contributed by atoms with van der Waals surface area (Å²) in [6.45, 7) is 3.57. The largest absolute Gasteiger partial charge is 0.476 e. The Morgan fingerprint density at radius 3 is 2.79 bits per heavy atom. The topological polar surface area (TPSA) is 80.4 Å². The van der Waals surface area contributed by atoms with Crippen molar-refractivity contribution in [3.63, 3.8) is 0 Å². The molecule has 0 saturated carbocycles. The smallest absolute Gasteiger partial charge is 0.356 e. The van der Waals surface area contributed by atoms with Gasteiger partial charge >= 0.3 is 5.97 Å². The molecule has 2 aromatic rings. The number of aromatic carboxylic acids is 1. The molecule has 0 aliphatic carbocycles. The second-order valence-corrected chi connectivity index (χ2v) is 2.94. The van der Waals surface area contributed by atoms with Crippen LogP contribution in [0.25, 0.3) is 5.78 Å². The number of carboxylic acids is 1. The summed E-state index contributed by atoms with van der Waals surface area (Å²) >= 11 is 0. The van der Waals surface area contributed by atoms with Gasteiger partial charge in [0.1, 0.15) is 0 Å². The van der Waals surface area contributed by atoms with Gasteiger partial charge in [-0.15, -0.1) is 0 Å². The van der Waals surface area contributed by atoms with Gasteiger partial charge in [0.2, 0.25) is 0 Å². The lowest BCUT2D eigenvalue weighted by Gasteiger charge is -1.99. The van der Waals surface area contributed by atoms with Gasteiger partial charge in [-0.25, -0.2) is 14.8 Å². The zero-order valence-corrected chi connectivity index (χ0v) is 7.72. The molecule has 0 amide bonds. The minimum atomic E-state index is -1.06. The maximum absolute atomic E-state index is 10.7. The summed E-state index contributed by atoms with van der Waals surface area (Å²) < 4.78 is 1.23. The highest BCUT2D eigenvalue weighted by atomic mass is 16.4. The Morgan fingerprint density at radius 2 is 2.14 bits per heavy atom. The van der Waals surface area contributed by atoms with Crippen LogP contribution in [-0.4, -0.2) is 30.7 Å². The van der Waals surface area contributed by atoms with E-state index in [9.17, 15) is 4.79 Å². The third kappa shape index (κ3) is 1.12. The molecular formula is C8H8N4O2. The molecule has 0 aliphatic rings. The van der Waals surface area contributed by atoms with E-state index in [0.717, 1.165) is 5.69 Å². The molecule has 6 heteroatoms. The summed E-state index contributed by atoms with van der Waals surface area (Å²) in [5.74, 6) is -0.749. The molecule has 0 spiro atoms. The van der Waals surface area contributed by atoms with E-state index < -0.39 is 5.97 Å². The number of rotatable bonds is 1. The van der Waals surface area contributed by atoms with E-state index in [1.54, 1.807) is 13.8 Å². The summed E-state index contributed by atoms with van der Waals surface area (Å²) in [6, 6.07) is 0. The van der Waals surface area contributed by atoms with Crippen molar-refractivity contribution in [2.45, 2.75) is 13.8 Å². The molecule has 1 N–H and O–H groups in total. The number of nitrogens with zero attached hydrogens (tertiary/aromatic N) is 4. The predicted molar refractivity (Wildman–Crippen MR) is 47.2 cm³/mol. The first-order chi connectivity index (χ1) is 6.59. The number of aryl methyl sites for hydroxylation is 2. The monoisotopic (exact) mass is 192 g/mol. The first-order valence-corrected chi connectivity index (χ1v) is 4.02. The maximum Gasteiger partial charge on any atom is 0.356 e. The molecule has 0 bridgehead atoms. The van der Waals surface area contributed by atoms with Gasteiger partial charge in [0.25, 0.3) is 5.78 Å². The molecule has 0 unspecified atom stereocenters. The number of imidazole rings is 1. The zero-order chi connectivity index (χ0) is 10.3. The summed E-state index contributed by atoms with van der Waals surface area (Å²) in [5.41, 5.74) is 1.47. The Bertz CT molecular complexity index is 517. The van der Waals surface area contributed by atoms with E-state index in [-0.39, 0.29) is 5.69 Å². The SMILES string of the molecule is Cc1nc2ncc(C(=O)O)n2nc1C. The first-order valence-electron chi connectivity index (χ1n) is 4.02. The van der Waals surface area contributed by atoms with Gasteiger partial charge in [0.15, 0.2) is 5.69 Å². The van der Waals surface area contributed by atoms with Crippen molar-refractivity contribution in [2.24, 2.45) is 0 Å². The molecule has 14 heavy (non-hydrogen) atoms. The molecule has 0 aromatic carbocycles. The lowest BCUT2D eigenvalue weighted by molar-refractivity contribution is 0.0688. The van der Waals surface area contributed by atoms with Crippen molar-refractivity contribution in [2.75, 3.05) is 0 Å². The molecule has 0 atom stereocenters. The number of carbonyl (C=O) groups is 1. The Hall–Kier alpha value is -1.98. The molecular weight excluding hydrogens is 184 g/mol. The van der Waals surface area contributed by atoms with Crippen LogP contribution >= 0.6 is 0 Å². The molecule has 0 saturated heterocycles. The van der Waals surface area contributed by atoms with Crippen LogP contribution in [0.15, 0.2) is 6.20 Å². The van der Waals surface area contributed by atoms with Crippen molar-refractivity contribution >= 4 is 11.7 Å². The van der Waals surface area contributed by atoms with Gasteiger partial charge in [0, 0.05) is 0 Å². The molecule has 2 rings (SSSR count). The minimum Gasteiger partial charge on any atom is -0.476 e. The third-order valence-corrected chi connectivity index (χ3v) is 1.98. The van der Waals surface area contributed by atoms with Crippen LogP contribution in [0.2, 0.25) is 0 Å². The van der Waals surface area contributed by atoms with E-state index in [0.29, 0.717) is 11.5 Å². The minimum absolute atomic E-state index is 0.0237. The maximum atomic E-state index is 10.7. The number of carboxylic acid groups (broad SMARTS) is 1. The van der Waals surface area contributed by atoms with E-state index in [1.165, 1.54) is 10.7 Å². The van der Waals surface area contributed by atoms with Crippen molar-refractivity contribution < 1.29 is 9.90 Å². The van der Waals surface area contributed by atoms with Gasteiger partial charge in [-0.2, -0.15) is 9.61 Å². The van der Waals surface area contributed by atoms with Gasteiger partial charge in [-0.3, -0.25) is 0 Å². The fourth-order valence-corrected chi connectivity index (χ4v) is 1.11. The van der Waals surface area contributed by atoms with Gasteiger partial charge < -0.3 is 5.11 Å². The standard InChI is InChI=1S/C8H8N4O2/c1-4-5(2)11-12-6(7(13)14)3-9-8(12)10-4/h3H,1-2H3,(H,13,14). The predicted octanol–water partition coefficient (Wildman–Crippen LogP) is 0.439. The molecule has 6 nitrogen and oxygen atoms in total. The molecule has 0 fully saturated rings. The van der Waals surface area contributed by atoms with Crippen LogP contribution in [0.4, 0.5) is 0 Å². The quantitative estimate of drug-likeness (QED) is 0.709. The van der Waals surface area contributed by atoms with Crippen molar-refractivity contribution in [1.29, 1.82) is 0 Å².